The van der Waals surface area contributed by atoms with Gasteiger partial charge in [0, 0.05) is 28.9 Å². The standard InChI is InChI=1S/C21H30N4O/c1-3-4-5-6-7-10-13-22-25-21(26)19-14-17-16-11-8-9-12-18(16)24-20(17)15(2)23-19/h8-9,11-13,15,19,23-24H,3-7,10,14H2,1-2H3,(H,25,26)/t15-,19-/m0/s1. The summed E-state index contributed by atoms with van der Waals surface area (Å²) in [4.78, 5) is 16.0. The molecule has 0 fully saturated rings. The smallest absolute Gasteiger partial charge is 0.257 e. The quantitative estimate of drug-likeness (QED) is 0.378. The van der Waals surface area contributed by atoms with Crippen molar-refractivity contribution in [2.75, 3.05) is 0 Å². The van der Waals surface area contributed by atoms with Crippen LogP contribution in [0.4, 0.5) is 0 Å². The van der Waals surface area contributed by atoms with Crippen molar-refractivity contribution >= 4 is 23.0 Å². The van der Waals surface area contributed by atoms with Gasteiger partial charge >= 0.3 is 0 Å². The Morgan fingerprint density at radius 3 is 2.92 bits per heavy atom. The van der Waals surface area contributed by atoms with Crippen molar-refractivity contribution in [3.05, 3.63) is 35.5 Å². The van der Waals surface area contributed by atoms with Crippen LogP contribution in [0.15, 0.2) is 29.4 Å². The minimum atomic E-state index is -0.251. The Kier molecular flexibility index (Phi) is 6.45. The molecule has 2 aromatic rings. The zero-order valence-electron chi connectivity index (χ0n) is 15.8. The first-order valence-electron chi connectivity index (χ1n) is 9.87. The molecule has 140 valence electrons. The number of hydrazone groups is 1. The summed E-state index contributed by atoms with van der Waals surface area (Å²) in [5.74, 6) is -0.0602. The Bertz CT molecular complexity index is 764. The largest absolute Gasteiger partial charge is 0.357 e. The molecule has 5 heteroatoms. The van der Waals surface area contributed by atoms with Gasteiger partial charge in [0.2, 0.25) is 0 Å². The first-order valence-corrected chi connectivity index (χ1v) is 9.87. The van der Waals surface area contributed by atoms with Crippen LogP contribution in [0, 0.1) is 0 Å². The highest BCUT2D eigenvalue weighted by molar-refractivity contribution is 5.88. The van der Waals surface area contributed by atoms with E-state index in [1.54, 1.807) is 0 Å². The number of carbonyl (C=O) groups excluding carboxylic acids is 1. The van der Waals surface area contributed by atoms with Gasteiger partial charge in [-0.1, -0.05) is 50.8 Å². The Labute approximate surface area is 155 Å². The van der Waals surface area contributed by atoms with Gasteiger partial charge < -0.3 is 4.98 Å². The van der Waals surface area contributed by atoms with Gasteiger partial charge in [-0.25, -0.2) is 5.43 Å². The summed E-state index contributed by atoms with van der Waals surface area (Å²) in [6.45, 7) is 4.31. The number of benzene rings is 1. The molecule has 1 aliphatic rings. The molecule has 0 unspecified atom stereocenters. The van der Waals surface area contributed by atoms with Crippen LogP contribution < -0.4 is 10.7 Å². The molecule has 1 aromatic carbocycles. The monoisotopic (exact) mass is 354 g/mol. The van der Waals surface area contributed by atoms with Crippen LogP contribution in [0.25, 0.3) is 10.9 Å². The molecule has 0 aliphatic carbocycles. The predicted octanol–water partition coefficient (Wildman–Crippen LogP) is 4.21. The van der Waals surface area contributed by atoms with E-state index in [2.05, 4.69) is 46.8 Å². The Balaban J connectivity index is 1.53. The summed E-state index contributed by atoms with van der Waals surface area (Å²) in [6.07, 6.45) is 9.65. The fourth-order valence-corrected chi connectivity index (χ4v) is 3.72. The summed E-state index contributed by atoms with van der Waals surface area (Å²) in [5, 5.41) is 8.73. The van der Waals surface area contributed by atoms with Crippen LogP contribution in [0.5, 0.6) is 0 Å². The molecule has 0 radical (unpaired) electrons. The molecule has 2 atom stereocenters. The van der Waals surface area contributed by atoms with Gasteiger partial charge in [-0.15, -0.1) is 0 Å². The first kappa shape index (κ1) is 18.6. The number of para-hydroxylation sites is 1. The second kappa shape index (κ2) is 8.99. The number of unbranched alkanes of at least 4 members (excludes halogenated alkanes) is 5. The molecule has 0 saturated carbocycles. The van der Waals surface area contributed by atoms with Crippen molar-refractivity contribution in [1.82, 2.24) is 15.7 Å². The van der Waals surface area contributed by atoms with Crippen molar-refractivity contribution in [2.24, 2.45) is 5.10 Å². The highest BCUT2D eigenvalue weighted by atomic mass is 16.2. The molecular weight excluding hydrogens is 324 g/mol. The second-order valence-corrected chi connectivity index (χ2v) is 7.20. The highest BCUT2D eigenvalue weighted by Gasteiger charge is 2.30. The number of hydrogen-bond acceptors (Lipinski definition) is 3. The number of H-pyrrole nitrogens is 1. The number of aromatic nitrogens is 1. The number of nitrogens with one attached hydrogen (secondary N) is 3. The molecule has 3 N–H and O–H groups in total. The van der Waals surface area contributed by atoms with E-state index >= 15 is 0 Å². The molecular formula is C21H30N4O. The number of nitrogens with zero attached hydrogens (tertiary/aromatic N) is 1. The van der Waals surface area contributed by atoms with Crippen LogP contribution in [0.3, 0.4) is 0 Å². The zero-order chi connectivity index (χ0) is 18.4. The Hall–Kier alpha value is -2.14. The van der Waals surface area contributed by atoms with Crippen molar-refractivity contribution in [3.63, 3.8) is 0 Å². The van der Waals surface area contributed by atoms with Crippen LogP contribution in [-0.2, 0) is 11.2 Å². The fourth-order valence-electron chi connectivity index (χ4n) is 3.72. The van der Waals surface area contributed by atoms with E-state index in [4.69, 9.17) is 0 Å². The number of fused-ring (bicyclic) bond motifs is 3. The van der Waals surface area contributed by atoms with Gasteiger partial charge in [0.1, 0.15) is 0 Å². The van der Waals surface area contributed by atoms with Gasteiger partial charge in [0.05, 0.1) is 6.04 Å². The normalized spacial score (nSPS) is 19.8. The third kappa shape index (κ3) is 4.33. The van der Waals surface area contributed by atoms with Gasteiger partial charge in [-0.05, 0) is 37.8 Å². The van der Waals surface area contributed by atoms with Gasteiger partial charge in [0.25, 0.3) is 5.91 Å². The lowest BCUT2D eigenvalue weighted by Crippen LogP contribution is -2.47. The average Bonchev–Trinajstić information content (AvgIpc) is 3.03. The molecule has 5 nitrogen and oxygen atoms in total. The summed E-state index contributed by atoms with van der Waals surface area (Å²) in [7, 11) is 0. The van der Waals surface area contributed by atoms with Gasteiger partial charge in [0.15, 0.2) is 0 Å². The number of amides is 1. The number of hydrogen-bond donors (Lipinski definition) is 3. The van der Waals surface area contributed by atoms with E-state index in [1.807, 2.05) is 18.3 Å². The maximum atomic E-state index is 12.5. The van der Waals surface area contributed by atoms with E-state index < -0.39 is 0 Å². The summed E-state index contributed by atoms with van der Waals surface area (Å²) in [6, 6.07) is 8.14. The predicted molar refractivity (Wildman–Crippen MR) is 107 cm³/mol. The van der Waals surface area contributed by atoms with E-state index in [1.165, 1.54) is 42.3 Å². The van der Waals surface area contributed by atoms with Crippen molar-refractivity contribution in [1.29, 1.82) is 0 Å². The third-order valence-corrected chi connectivity index (χ3v) is 5.16. The maximum Gasteiger partial charge on any atom is 0.257 e. The SMILES string of the molecule is CCCCCCCC=NNC(=O)[C@@H]1Cc2c([nH]c3ccccc23)[C@H](C)N1. The van der Waals surface area contributed by atoms with E-state index in [0.717, 1.165) is 18.4 Å². The van der Waals surface area contributed by atoms with Crippen molar-refractivity contribution in [3.8, 4) is 0 Å². The number of rotatable bonds is 8. The minimum absolute atomic E-state index is 0.0602. The van der Waals surface area contributed by atoms with Gasteiger partial charge in [-0.2, -0.15) is 5.10 Å². The van der Waals surface area contributed by atoms with Crippen LogP contribution >= 0.6 is 0 Å². The van der Waals surface area contributed by atoms with E-state index in [0.29, 0.717) is 6.42 Å². The molecule has 0 spiro atoms. The molecule has 3 rings (SSSR count). The minimum Gasteiger partial charge on any atom is -0.357 e. The number of aromatic amines is 1. The van der Waals surface area contributed by atoms with Crippen molar-refractivity contribution < 1.29 is 4.79 Å². The lowest BCUT2D eigenvalue weighted by Gasteiger charge is -2.27. The molecule has 1 aromatic heterocycles. The van der Waals surface area contributed by atoms with Gasteiger partial charge in [-0.3, -0.25) is 10.1 Å². The number of carbonyl (C=O) groups is 1. The van der Waals surface area contributed by atoms with E-state index in [9.17, 15) is 4.79 Å². The Morgan fingerprint density at radius 2 is 2.08 bits per heavy atom. The molecule has 0 saturated heterocycles. The fraction of sp³-hybridized carbons (Fsp3) is 0.524. The highest BCUT2D eigenvalue weighted by Crippen LogP contribution is 2.31. The average molecular weight is 354 g/mol. The summed E-state index contributed by atoms with van der Waals surface area (Å²) >= 11 is 0. The summed E-state index contributed by atoms with van der Waals surface area (Å²) in [5.41, 5.74) is 6.27. The lowest BCUT2D eigenvalue weighted by atomic mass is 9.94. The molecule has 1 amide bonds. The van der Waals surface area contributed by atoms with Crippen molar-refractivity contribution in [2.45, 2.75) is 70.9 Å². The summed E-state index contributed by atoms with van der Waals surface area (Å²) < 4.78 is 0. The Morgan fingerprint density at radius 1 is 1.27 bits per heavy atom. The molecule has 1 aliphatic heterocycles. The third-order valence-electron chi connectivity index (χ3n) is 5.16. The molecule has 2 heterocycles. The molecule has 0 bridgehead atoms. The topological polar surface area (TPSA) is 69.3 Å². The second-order valence-electron chi connectivity index (χ2n) is 7.20. The lowest BCUT2D eigenvalue weighted by molar-refractivity contribution is -0.123. The van der Waals surface area contributed by atoms with E-state index in [-0.39, 0.29) is 18.0 Å². The first-order chi connectivity index (χ1) is 12.7. The zero-order valence-corrected chi connectivity index (χ0v) is 15.8. The van der Waals surface area contributed by atoms with Crippen LogP contribution in [0.1, 0.15) is 69.7 Å². The molecule has 26 heavy (non-hydrogen) atoms. The van der Waals surface area contributed by atoms with Crippen LogP contribution in [-0.4, -0.2) is 23.1 Å². The maximum absolute atomic E-state index is 12.5. The van der Waals surface area contributed by atoms with Crippen LogP contribution in [0.2, 0.25) is 0 Å².